The number of benzene rings is 2. The van der Waals surface area contributed by atoms with Crippen LogP contribution < -0.4 is 5.32 Å². The van der Waals surface area contributed by atoms with Crippen molar-refractivity contribution in [3.05, 3.63) is 59.4 Å². The molecule has 1 N–H and O–H groups in total. The second-order valence-electron chi connectivity index (χ2n) is 5.95. The van der Waals surface area contributed by atoms with Gasteiger partial charge in [0, 0.05) is 13.1 Å². The van der Waals surface area contributed by atoms with Gasteiger partial charge < -0.3 is 10.1 Å². The summed E-state index contributed by atoms with van der Waals surface area (Å²) in [5.74, 6) is -1.26. The molecule has 1 heterocycles. The highest BCUT2D eigenvalue weighted by Gasteiger charge is 2.30. The van der Waals surface area contributed by atoms with Crippen molar-refractivity contribution < 1.29 is 22.3 Å². The highest BCUT2D eigenvalue weighted by Crippen LogP contribution is 2.23. The Morgan fingerprint density at radius 2 is 1.85 bits per heavy atom. The predicted octanol–water partition coefficient (Wildman–Crippen LogP) is 2.41. The second kappa shape index (κ2) is 7.53. The van der Waals surface area contributed by atoms with Crippen LogP contribution in [0.15, 0.2) is 47.4 Å². The molecule has 138 valence electrons. The van der Waals surface area contributed by atoms with E-state index in [1.54, 1.807) is 25.1 Å². The fraction of sp³-hybridized carbons (Fsp3) is 0.278. The number of hydrogen-bond donors (Lipinski definition) is 1. The fourth-order valence-electron chi connectivity index (χ4n) is 2.72. The lowest BCUT2D eigenvalue weighted by molar-refractivity contribution is 0.0730. The first-order valence-electron chi connectivity index (χ1n) is 8.14. The van der Waals surface area contributed by atoms with Gasteiger partial charge in [-0.25, -0.2) is 12.8 Å². The zero-order valence-corrected chi connectivity index (χ0v) is 15.1. The standard InChI is InChI=1S/C18H19FN2O4S/c1-13-6-7-16(15(19)12-13)20-18(22)14-4-2-3-5-17(14)26(23,24)21-8-10-25-11-9-21/h2-7,12H,8-11H2,1H3,(H,20,22). The van der Waals surface area contributed by atoms with E-state index in [-0.39, 0.29) is 29.2 Å². The Balaban J connectivity index is 1.92. The molecule has 1 saturated heterocycles. The van der Waals surface area contributed by atoms with Crippen molar-refractivity contribution in [2.24, 2.45) is 0 Å². The lowest BCUT2D eigenvalue weighted by atomic mass is 10.2. The van der Waals surface area contributed by atoms with Gasteiger partial charge in [-0.2, -0.15) is 4.31 Å². The van der Waals surface area contributed by atoms with Gasteiger partial charge in [0.1, 0.15) is 5.82 Å². The Hall–Kier alpha value is -2.29. The topological polar surface area (TPSA) is 75.7 Å². The third kappa shape index (κ3) is 3.77. The van der Waals surface area contributed by atoms with Gasteiger partial charge in [-0.05, 0) is 36.8 Å². The molecule has 1 fully saturated rings. The number of halogens is 1. The first-order chi connectivity index (χ1) is 12.4. The fourth-order valence-corrected chi connectivity index (χ4v) is 4.31. The van der Waals surface area contributed by atoms with Crippen molar-refractivity contribution in [3.63, 3.8) is 0 Å². The summed E-state index contributed by atoms with van der Waals surface area (Å²) < 4.78 is 46.3. The molecule has 0 spiro atoms. The molecule has 0 aliphatic carbocycles. The van der Waals surface area contributed by atoms with E-state index < -0.39 is 21.7 Å². The van der Waals surface area contributed by atoms with E-state index in [0.29, 0.717) is 13.2 Å². The van der Waals surface area contributed by atoms with Crippen LogP contribution in [0.1, 0.15) is 15.9 Å². The van der Waals surface area contributed by atoms with Crippen molar-refractivity contribution in [1.29, 1.82) is 0 Å². The second-order valence-corrected chi connectivity index (χ2v) is 7.86. The molecule has 0 aromatic heterocycles. The van der Waals surface area contributed by atoms with Crippen LogP contribution in [0.25, 0.3) is 0 Å². The summed E-state index contributed by atoms with van der Waals surface area (Å²) in [5, 5.41) is 2.45. The molecular formula is C18H19FN2O4S. The van der Waals surface area contributed by atoms with Gasteiger partial charge in [0.2, 0.25) is 10.0 Å². The van der Waals surface area contributed by atoms with Crippen molar-refractivity contribution >= 4 is 21.6 Å². The number of ether oxygens (including phenoxy) is 1. The maximum atomic E-state index is 14.0. The van der Waals surface area contributed by atoms with Gasteiger partial charge in [-0.3, -0.25) is 4.79 Å². The average Bonchev–Trinajstić information content (AvgIpc) is 2.64. The first kappa shape index (κ1) is 18.5. The number of morpholine rings is 1. The summed E-state index contributed by atoms with van der Waals surface area (Å²) in [6.45, 7) is 2.80. The van der Waals surface area contributed by atoms with Gasteiger partial charge >= 0.3 is 0 Å². The number of anilines is 1. The molecule has 0 bridgehead atoms. The van der Waals surface area contributed by atoms with E-state index in [4.69, 9.17) is 4.74 Å². The normalized spacial score (nSPS) is 15.6. The minimum atomic E-state index is -3.85. The molecular weight excluding hydrogens is 359 g/mol. The number of carbonyl (C=O) groups excluding carboxylic acids is 1. The summed E-state index contributed by atoms with van der Waals surface area (Å²) in [6, 6.07) is 10.3. The predicted molar refractivity (Wildman–Crippen MR) is 95.1 cm³/mol. The van der Waals surface area contributed by atoms with E-state index in [2.05, 4.69) is 5.32 Å². The molecule has 2 aromatic rings. The number of nitrogens with one attached hydrogen (secondary N) is 1. The van der Waals surface area contributed by atoms with Gasteiger partial charge in [0.15, 0.2) is 0 Å². The summed E-state index contributed by atoms with van der Waals surface area (Å²) in [7, 11) is -3.85. The molecule has 26 heavy (non-hydrogen) atoms. The largest absolute Gasteiger partial charge is 0.379 e. The summed E-state index contributed by atoms with van der Waals surface area (Å²) in [6.07, 6.45) is 0. The van der Waals surface area contributed by atoms with Gasteiger partial charge in [-0.15, -0.1) is 0 Å². The lowest BCUT2D eigenvalue weighted by Crippen LogP contribution is -2.41. The van der Waals surface area contributed by atoms with E-state index in [0.717, 1.165) is 5.56 Å². The van der Waals surface area contributed by atoms with Crippen LogP contribution in [-0.2, 0) is 14.8 Å². The highest BCUT2D eigenvalue weighted by molar-refractivity contribution is 7.89. The SMILES string of the molecule is Cc1ccc(NC(=O)c2ccccc2S(=O)(=O)N2CCOCC2)c(F)c1. The van der Waals surface area contributed by atoms with E-state index >= 15 is 0 Å². The molecule has 6 nitrogen and oxygen atoms in total. The van der Waals surface area contributed by atoms with Crippen molar-refractivity contribution in [3.8, 4) is 0 Å². The molecule has 8 heteroatoms. The molecule has 1 amide bonds. The van der Waals surface area contributed by atoms with Gasteiger partial charge in [0.25, 0.3) is 5.91 Å². The number of rotatable bonds is 4. The Morgan fingerprint density at radius 1 is 1.15 bits per heavy atom. The van der Waals surface area contributed by atoms with Crippen LogP contribution in [-0.4, -0.2) is 44.9 Å². The summed E-state index contributed by atoms with van der Waals surface area (Å²) >= 11 is 0. The Bertz CT molecular complexity index is 925. The van der Waals surface area contributed by atoms with Crippen molar-refractivity contribution in [1.82, 2.24) is 4.31 Å². The minimum Gasteiger partial charge on any atom is -0.379 e. The molecule has 2 aromatic carbocycles. The van der Waals surface area contributed by atoms with Crippen LogP contribution in [0, 0.1) is 12.7 Å². The monoisotopic (exact) mass is 378 g/mol. The zero-order valence-electron chi connectivity index (χ0n) is 14.2. The number of amides is 1. The van der Waals surface area contributed by atoms with Crippen LogP contribution in [0.3, 0.4) is 0 Å². The number of aryl methyl sites for hydroxylation is 1. The third-order valence-electron chi connectivity index (χ3n) is 4.09. The maximum absolute atomic E-state index is 14.0. The average molecular weight is 378 g/mol. The highest BCUT2D eigenvalue weighted by atomic mass is 32.2. The molecule has 0 radical (unpaired) electrons. The maximum Gasteiger partial charge on any atom is 0.257 e. The van der Waals surface area contributed by atoms with Crippen LogP contribution in [0.2, 0.25) is 0 Å². The number of carbonyl (C=O) groups is 1. The van der Waals surface area contributed by atoms with Crippen LogP contribution in [0.4, 0.5) is 10.1 Å². The molecule has 0 saturated carbocycles. The zero-order chi connectivity index (χ0) is 18.7. The third-order valence-corrected chi connectivity index (χ3v) is 6.05. The van der Waals surface area contributed by atoms with E-state index in [1.165, 1.54) is 28.6 Å². The Kier molecular flexibility index (Phi) is 5.36. The first-order valence-corrected chi connectivity index (χ1v) is 9.58. The molecule has 3 rings (SSSR count). The number of hydrogen-bond acceptors (Lipinski definition) is 4. The quantitative estimate of drug-likeness (QED) is 0.887. The molecule has 1 aliphatic heterocycles. The molecule has 1 aliphatic rings. The number of sulfonamides is 1. The smallest absolute Gasteiger partial charge is 0.257 e. The van der Waals surface area contributed by atoms with E-state index in [1.807, 2.05) is 0 Å². The van der Waals surface area contributed by atoms with Crippen molar-refractivity contribution in [2.45, 2.75) is 11.8 Å². The molecule has 0 atom stereocenters. The summed E-state index contributed by atoms with van der Waals surface area (Å²) in [5.41, 5.74) is 0.689. The Morgan fingerprint density at radius 3 is 2.54 bits per heavy atom. The van der Waals surface area contributed by atoms with Gasteiger partial charge in [-0.1, -0.05) is 18.2 Å². The number of nitrogens with zero attached hydrogens (tertiary/aromatic N) is 1. The van der Waals surface area contributed by atoms with Crippen molar-refractivity contribution in [2.75, 3.05) is 31.6 Å². The van der Waals surface area contributed by atoms with Crippen LogP contribution in [0.5, 0.6) is 0 Å². The lowest BCUT2D eigenvalue weighted by Gasteiger charge is -2.26. The minimum absolute atomic E-state index is 0.000765. The summed E-state index contributed by atoms with van der Waals surface area (Å²) in [4.78, 5) is 12.5. The van der Waals surface area contributed by atoms with E-state index in [9.17, 15) is 17.6 Å². The Labute approximate surface area is 151 Å². The molecule has 0 unspecified atom stereocenters. The van der Waals surface area contributed by atoms with Gasteiger partial charge in [0.05, 0.1) is 29.4 Å². The van der Waals surface area contributed by atoms with Crippen LogP contribution >= 0.6 is 0 Å².